The summed E-state index contributed by atoms with van der Waals surface area (Å²) in [7, 11) is 0. The number of ketones is 1. The number of anilines is 1. The van der Waals surface area contributed by atoms with Gasteiger partial charge in [0.25, 0.3) is 0 Å². The summed E-state index contributed by atoms with van der Waals surface area (Å²) in [6, 6.07) is 8.33. The molecule has 0 bridgehead atoms. The Bertz CT molecular complexity index is 1020. The summed E-state index contributed by atoms with van der Waals surface area (Å²) in [6.45, 7) is 2.94. The van der Waals surface area contributed by atoms with Crippen molar-refractivity contribution in [3.05, 3.63) is 47.6 Å². The minimum atomic E-state index is -0.911. The van der Waals surface area contributed by atoms with E-state index in [0.29, 0.717) is 16.3 Å². The highest BCUT2D eigenvalue weighted by atomic mass is 32.2. The van der Waals surface area contributed by atoms with Gasteiger partial charge in [-0.05, 0) is 42.6 Å². The topological polar surface area (TPSA) is 98.2 Å². The van der Waals surface area contributed by atoms with Gasteiger partial charge < -0.3 is 10.1 Å². The predicted octanol–water partition coefficient (Wildman–Crippen LogP) is 3.56. The van der Waals surface area contributed by atoms with Crippen LogP contribution >= 0.6 is 23.1 Å². The van der Waals surface area contributed by atoms with Crippen molar-refractivity contribution in [2.45, 2.75) is 25.0 Å². The number of amides is 1. The highest BCUT2D eigenvalue weighted by Gasteiger charge is 2.20. The number of rotatable bonds is 7. The molecule has 1 atom stereocenters. The fraction of sp³-hybridized carbons (Fsp3) is 0.211. The van der Waals surface area contributed by atoms with E-state index >= 15 is 0 Å². The number of benzene rings is 1. The number of nitrogens with one attached hydrogen (secondary N) is 1. The van der Waals surface area contributed by atoms with Crippen LogP contribution in [-0.2, 0) is 14.3 Å². The van der Waals surface area contributed by atoms with Crippen molar-refractivity contribution in [1.82, 2.24) is 9.97 Å². The molecule has 1 aromatic carbocycles. The SMILES string of the molecule is CC(=O)Nc1ccc(C(=O)[C@H](C)OC(=O)CSc2ncnc3sccc23)cc1. The molecule has 0 spiro atoms. The molecular weight excluding hydrogens is 398 g/mol. The number of thioether (sulfide) groups is 1. The zero-order valence-electron chi connectivity index (χ0n) is 15.2. The Labute approximate surface area is 169 Å². The third-order valence-corrected chi connectivity index (χ3v) is 5.52. The van der Waals surface area contributed by atoms with Gasteiger partial charge in [0.1, 0.15) is 16.2 Å². The van der Waals surface area contributed by atoms with Crippen molar-refractivity contribution in [3.63, 3.8) is 0 Å². The van der Waals surface area contributed by atoms with Crippen molar-refractivity contribution < 1.29 is 19.1 Å². The van der Waals surface area contributed by atoms with E-state index in [2.05, 4.69) is 15.3 Å². The summed E-state index contributed by atoms with van der Waals surface area (Å²) in [6.07, 6.45) is 0.551. The fourth-order valence-corrected chi connectivity index (χ4v) is 4.01. The summed E-state index contributed by atoms with van der Waals surface area (Å²) in [4.78, 5) is 44.8. The van der Waals surface area contributed by atoms with Gasteiger partial charge >= 0.3 is 5.97 Å². The van der Waals surface area contributed by atoms with E-state index in [4.69, 9.17) is 4.74 Å². The molecule has 1 amide bonds. The van der Waals surface area contributed by atoms with E-state index in [1.165, 1.54) is 43.3 Å². The van der Waals surface area contributed by atoms with Gasteiger partial charge in [0.05, 0.1) is 5.75 Å². The van der Waals surface area contributed by atoms with Crippen LogP contribution in [0.25, 0.3) is 10.2 Å². The molecular formula is C19H17N3O4S2. The van der Waals surface area contributed by atoms with Crippen molar-refractivity contribution in [2.75, 3.05) is 11.1 Å². The Balaban J connectivity index is 1.55. The van der Waals surface area contributed by atoms with Gasteiger partial charge in [0, 0.05) is 23.6 Å². The van der Waals surface area contributed by atoms with Crippen LogP contribution in [0.5, 0.6) is 0 Å². The highest BCUT2D eigenvalue weighted by molar-refractivity contribution is 8.00. The molecule has 0 aliphatic carbocycles. The molecule has 0 fully saturated rings. The average Bonchev–Trinajstić information content (AvgIpc) is 3.15. The summed E-state index contributed by atoms with van der Waals surface area (Å²) in [5.74, 6) is -0.957. The first-order valence-corrected chi connectivity index (χ1v) is 10.2. The zero-order valence-corrected chi connectivity index (χ0v) is 16.8. The number of thiophene rings is 1. The fourth-order valence-electron chi connectivity index (χ4n) is 2.45. The number of carbonyl (C=O) groups is 3. The highest BCUT2D eigenvalue weighted by Crippen LogP contribution is 2.27. The number of nitrogens with zero attached hydrogens (tertiary/aromatic N) is 2. The summed E-state index contributed by atoms with van der Waals surface area (Å²) in [5.41, 5.74) is 0.993. The normalized spacial score (nSPS) is 11.8. The van der Waals surface area contributed by atoms with Crippen LogP contribution < -0.4 is 5.32 Å². The quantitative estimate of drug-likeness (QED) is 0.273. The van der Waals surface area contributed by atoms with Crippen molar-refractivity contribution >= 4 is 56.7 Å². The number of hydrogen-bond acceptors (Lipinski definition) is 8. The second-order valence-corrected chi connectivity index (χ2v) is 7.72. The van der Waals surface area contributed by atoms with Gasteiger partial charge in [-0.2, -0.15) is 0 Å². The Morgan fingerprint density at radius 2 is 1.93 bits per heavy atom. The van der Waals surface area contributed by atoms with Crippen LogP contribution in [0.2, 0.25) is 0 Å². The minimum absolute atomic E-state index is 0.0427. The van der Waals surface area contributed by atoms with E-state index in [0.717, 1.165) is 10.2 Å². The summed E-state index contributed by atoms with van der Waals surface area (Å²) >= 11 is 2.75. The van der Waals surface area contributed by atoms with Crippen LogP contribution in [0.3, 0.4) is 0 Å². The smallest absolute Gasteiger partial charge is 0.317 e. The molecule has 3 aromatic rings. The molecule has 2 aromatic heterocycles. The first-order valence-electron chi connectivity index (χ1n) is 8.36. The van der Waals surface area contributed by atoms with Crippen LogP contribution in [0, 0.1) is 0 Å². The van der Waals surface area contributed by atoms with Crippen LogP contribution in [0.15, 0.2) is 47.1 Å². The van der Waals surface area contributed by atoms with Gasteiger partial charge in [-0.3, -0.25) is 14.4 Å². The first kappa shape index (κ1) is 20.0. The molecule has 2 heterocycles. The molecule has 1 N–H and O–H groups in total. The Morgan fingerprint density at radius 3 is 2.64 bits per heavy atom. The van der Waals surface area contributed by atoms with E-state index in [9.17, 15) is 14.4 Å². The lowest BCUT2D eigenvalue weighted by molar-refractivity contribution is -0.143. The van der Waals surface area contributed by atoms with Crippen molar-refractivity contribution in [2.24, 2.45) is 0 Å². The van der Waals surface area contributed by atoms with Gasteiger partial charge in [-0.15, -0.1) is 11.3 Å². The summed E-state index contributed by atoms with van der Waals surface area (Å²) in [5, 5.41) is 6.15. The average molecular weight is 415 g/mol. The number of ether oxygens (including phenoxy) is 1. The van der Waals surface area contributed by atoms with E-state index in [-0.39, 0.29) is 17.4 Å². The number of esters is 1. The van der Waals surface area contributed by atoms with E-state index < -0.39 is 12.1 Å². The minimum Gasteiger partial charge on any atom is -0.454 e. The molecule has 9 heteroatoms. The molecule has 3 rings (SSSR count). The molecule has 0 unspecified atom stereocenters. The number of aromatic nitrogens is 2. The van der Waals surface area contributed by atoms with Gasteiger partial charge in [0.15, 0.2) is 6.10 Å². The van der Waals surface area contributed by atoms with E-state index in [1.54, 1.807) is 24.3 Å². The second-order valence-electron chi connectivity index (χ2n) is 5.86. The molecule has 0 saturated carbocycles. The molecule has 28 heavy (non-hydrogen) atoms. The maximum atomic E-state index is 12.4. The molecule has 144 valence electrons. The third kappa shape index (κ3) is 4.93. The standard InChI is InChI=1S/C19H17N3O4S2/c1-11(17(25)13-3-5-14(6-4-13)22-12(2)23)26-16(24)9-28-19-15-7-8-27-18(15)20-10-21-19/h3-8,10-11H,9H2,1-2H3,(H,22,23)/t11-/m0/s1. The van der Waals surface area contributed by atoms with Gasteiger partial charge in [-0.25, -0.2) is 9.97 Å². The molecule has 7 nitrogen and oxygen atoms in total. The Morgan fingerprint density at radius 1 is 1.18 bits per heavy atom. The summed E-state index contributed by atoms with van der Waals surface area (Å²) < 4.78 is 5.26. The van der Waals surface area contributed by atoms with E-state index in [1.807, 2.05) is 11.4 Å². The lowest BCUT2D eigenvalue weighted by atomic mass is 10.1. The van der Waals surface area contributed by atoms with Crippen LogP contribution in [-0.4, -0.2) is 39.5 Å². The largest absolute Gasteiger partial charge is 0.454 e. The molecule has 0 saturated heterocycles. The molecule has 0 aliphatic heterocycles. The second kappa shape index (κ2) is 8.94. The molecule has 0 radical (unpaired) electrons. The third-order valence-electron chi connectivity index (χ3n) is 3.72. The monoisotopic (exact) mass is 415 g/mol. The Kier molecular flexibility index (Phi) is 6.37. The van der Waals surface area contributed by atoms with Crippen LogP contribution in [0.4, 0.5) is 5.69 Å². The number of fused-ring (bicyclic) bond motifs is 1. The lowest BCUT2D eigenvalue weighted by Crippen LogP contribution is -2.25. The number of hydrogen-bond donors (Lipinski definition) is 1. The van der Waals surface area contributed by atoms with Crippen molar-refractivity contribution in [3.8, 4) is 0 Å². The molecule has 0 aliphatic rings. The predicted molar refractivity (Wildman–Crippen MR) is 109 cm³/mol. The number of Topliss-reactive ketones (excluding diaryl/α,β-unsaturated/α-hetero) is 1. The van der Waals surface area contributed by atoms with Gasteiger partial charge in [0.2, 0.25) is 11.7 Å². The van der Waals surface area contributed by atoms with Gasteiger partial charge in [-0.1, -0.05) is 11.8 Å². The zero-order chi connectivity index (χ0) is 20.1. The Hall–Kier alpha value is -2.78. The first-order chi connectivity index (χ1) is 13.4. The maximum absolute atomic E-state index is 12.4. The van der Waals surface area contributed by atoms with Crippen LogP contribution in [0.1, 0.15) is 24.2 Å². The lowest BCUT2D eigenvalue weighted by Gasteiger charge is -2.12. The maximum Gasteiger partial charge on any atom is 0.317 e. The number of carbonyl (C=O) groups excluding carboxylic acids is 3. The van der Waals surface area contributed by atoms with Crippen molar-refractivity contribution in [1.29, 1.82) is 0 Å².